The van der Waals surface area contributed by atoms with E-state index < -0.39 is 17.7 Å². The number of nitrogens with one attached hydrogen (secondary N) is 1. The van der Waals surface area contributed by atoms with E-state index in [2.05, 4.69) is 4.98 Å². The van der Waals surface area contributed by atoms with Crippen LogP contribution in [0.3, 0.4) is 0 Å². The van der Waals surface area contributed by atoms with E-state index in [-0.39, 0.29) is 30.6 Å². The van der Waals surface area contributed by atoms with Crippen molar-refractivity contribution < 1.29 is 38.7 Å². The first-order valence-corrected chi connectivity index (χ1v) is 13.7. The Hall–Kier alpha value is -3.54. The number of aromatic hydroxyl groups is 1. The fraction of sp³-hybridized carbons (Fsp3) is 0.448. The van der Waals surface area contributed by atoms with Crippen LogP contribution in [0.25, 0.3) is 0 Å². The number of esters is 1. The molecule has 0 fully saturated rings. The van der Waals surface area contributed by atoms with Gasteiger partial charge in [-0.1, -0.05) is 23.5 Å². The Kier molecular flexibility index (Phi) is 9.07. The highest BCUT2D eigenvalue weighted by molar-refractivity contribution is 7.09. The maximum Gasteiger partial charge on any atom is 0.344 e. The molecule has 2 aromatic carbocycles. The van der Waals surface area contributed by atoms with Crippen molar-refractivity contribution in [2.45, 2.75) is 52.2 Å². The quantitative estimate of drug-likeness (QED) is 0.231. The van der Waals surface area contributed by atoms with Crippen LogP contribution in [0.4, 0.5) is 0 Å². The van der Waals surface area contributed by atoms with Crippen LogP contribution in [0, 0.1) is 20.8 Å². The van der Waals surface area contributed by atoms with Gasteiger partial charge in [-0.15, -0.1) is 0 Å². The number of thiazole rings is 1. The van der Waals surface area contributed by atoms with E-state index in [9.17, 15) is 19.8 Å². The molecule has 216 valence electrons. The van der Waals surface area contributed by atoms with Crippen molar-refractivity contribution in [2.24, 2.45) is 0 Å². The Morgan fingerprint density at radius 2 is 1.85 bits per heavy atom. The molecule has 11 heteroatoms. The number of ether oxygens (including phenoxy) is 5. The third kappa shape index (κ3) is 6.60. The van der Waals surface area contributed by atoms with Crippen molar-refractivity contribution in [3.05, 3.63) is 66.6 Å². The zero-order valence-corrected chi connectivity index (χ0v) is 24.1. The Balaban J connectivity index is 1.43. The predicted molar refractivity (Wildman–Crippen MR) is 149 cm³/mol. The normalized spacial score (nSPS) is 18.1. The number of hydrogen-bond donors (Lipinski definition) is 3. The standard InChI is InChI=1S/C29H35NO9S/c1-16-17(2)26-24(18(3)25(16)37-14-23(32)36-11-10-35-5)21(31)13-29(4,39-26)15-38-20-8-6-19(7-9-20)12-22-27(33)30-28(34)40-22/h6-9,21,31,33H,10-15H2,1-5H3,(H,30,34). The van der Waals surface area contributed by atoms with Crippen LogP contribution in [-0.4, -0.2) is 60.3 Å². The van der Waals surface area contributed by atoms with Gasteiger partial charge in [-0.3, -0.25) is 9.78 Å². The second-order valence-corrected chi connectivity index (χ2v) is 11.2. The van der Waals surface area contributed by atoms with Gasteiger partial charge in [0, 0.05) is 31.1 Å². The number of H-pyrrole nitrogens is 1. The summed E-state index contributed by atoms with van der Waals surface area (Å²) in [4.78, 5) is 26.1. The van der Waals surface area contributed by atoms with E-state index in [4.69, 9.17) is 23.7 Å². The smallest absolute Gasteiger partial charge is 0.344 e. The van der Waals surface area contributed by atoms with Crippen LogP contribution in [0.2, 0.25) is 0 Å². The van der Waals surface area contributed by atoms with Crippen LogP contribution in [0.5, 0.6) is 23.1 Å². The third-order valence-corrected chi connectivity index (χ3v) is 7.83. The first kappa shape index (κ1) is 29.4. The Labute approximate surface area is 236 Å². The van der Waals surface area contributed by atoms with Gasteiger partial charge in [-0.2, -0.15) is 0 Å². The first-order valence-electron chi connectivity index (χ1n) is 12.9. The molecule has 0 saturated heterocycles. The number of fused-ring (bicyclic) bond motifs is 1. The highest BCUT2D eigenvalue weighted by Crippen LogP contribution is 2.48. The molecule has 2 unspecified atom stereocenters. The van der Waals surface area contributed by atoms with E-state index in [0.29, 0.717) is 52.7 Å². The van der Waals surface area contributed by atoms with Gasteiger partial charge >= 0.3 is 10.8 Å². The van der Waals surface area contributed by atoms with Gasteiger partial charge in [-0.25, -0.2) is 4.79 Å². The Morgan fingerprint density at radius 3 is 2.50 bits per heavy atom. The highest BCUT2D eigenvalue weighted by Gasteiger charge is 2.40. The lowest BCUT2D eigenvalue weighted by Gasteiger charge is -2.40. The minimum atomic E-state index is -0.823. The number of aromatic amines is 1. The summed E-state index contributed by atoms with van der Waals surface area (Å²) >= 11 is 0.983. The minimum absolute atomic E-state index is 0.101. The van der Waals surface area contributed by atoms with Crippen LogP contribution in [0.15, 0.2) is 29.1 Å². The summed E-state index contributed by atoms with van der Waals surface area (Å²) in [6.07, 6.45) is -0.0971. The number of aliphatic hydroxyl groups is 1. The summed E-state index contributed by atoms with van der Waals surface area (Å²) < 4.78 is 28.3. The van der Waals surface area contributed by atoms with Crippen LogP contribution < -0.4 is 19.1 Å². The predicted octanol–water partition coefficient (Wildman–Crippen LogP) is 3.88. The molecular formula is C29H35NO9S. The number of carbonyl (C=O) groups is 1. The molecule has 10 nitrogen and oxygen atoms in total. The van der Waals surface area contributed by atoms with Crippen molar-refractivity contribution >= 4 is 17.3 Å². The SMILES string of the molecule is COCCOC(=O)COc1c(C)c(C)c2c(c1C)C(O)CC(C)(COc1ccc(Cc3sc(=O)[nH]c3O)cc1)O2. The Bertz CT molecular complexity index is 1410. The van der Waals surface area contributed by atoms with Gasteiger partial charge in [-0.05, 0) is 56.5 Å². The van der Waals surface area contributed by atoms with E-state index in [1.165, 1.54) is 7.11 Å². The van der Waals surface area contributed by atoms with Crippen molar-refractivity contribution in [1.82, 2.24) is 4.98 Å². The van der Waals surface area contributed by atoms with Crippen molar-refractivity contribution in [3.63, 3.8) is 0 Å². The number of aromatic nitrogens is 1. The van der Waals surface area contributed by atoms with Gasteiger partial charge in [0.1, 0.15) is 36.1 Å². The van der Waals surface area contributed by atoms with Gasteiger partial charge < -0.3 is 33.9 Å². The molecule has 0 radical (unpaired) electrons. The van der Waals surface area contributed by atoms with Gasteiger partial charge in [0.2, 0.25) is 5.88 Å². The molecule has 0 amide bonds. The van der Waals surface area contributed by atoms with E-state index in [1.807, 2.05) is 52.0 Å². The number of aliphatic hydroxyl groups excluding tert-OH is 1. The number of rotatable bonds is 11. The summed E-state index contributed by atoms with van der Waals surface area (Å²) in [5.41, 5.74) is 3.10. The monoisotopic (exact) mass is 573 g/mol. The number of methoxy groups -OCH3 is 1. The molecule has 2 atom stereocenters. The summed E-state index contributed by atoms with van der Waals surface area (Å²) in [6, 6.07) is 7.39. The molecule has 0 bridgehead atoms. The lowest BCUT2D eigenvalue weighted by molar-refractivity contribution is -0.147. The average molecular weight is 574 g/mol. The van der Waals surface area contributed by atoms with Gasteiger partial charge in [0.15, 0.2) is 6.61 Å². The minimum Gasteiger partial charge on any atom is -0.494 e. The molecule has 1 aromatic heterocycles. The average Bonchev–Trinajstić information content (AvgIpc) is 3.22. The Morgan fingerprint density at radius 1 is 1.12 bits per heavy atom. The summed E-state index contributed by atoms with van der Waals surface area (Å²) in [5.74, 6) is 1.15. The molecular weight excluding hydrogens is 538 g/mol. The van der Waals surface area contributed by atoms with Crippen LogP contribution >= 0.6 is 11.3 Å². The zero-order valence-electron chi connectivity index (χ0n) is 23.3. The lowest BCUT2D eigenvalue weighted by atomic mass is 9.85. The molecule has 1 aliphatic rings. The third-order valence-electron chi connectivity index (χ3n) is 6.96. The molecule has 1 aliphatic heterocycles. The molecule has 0 saturated carbocycles. The summed E-state index contributed by atoms with van der Waals surface area (Å²) in [6.45, 7) is 7.94. The lowest BCUT2D eigenvalue weighted by Crippen LogP contribution is -2.44. The van der Waals surface area contributed by atoms with E-state index in [0.717, 1.165) is 28.0 Å². The summed E-state index contributed by atoms with van der Waals surface area (Å²) in [7, 11) is 1.53. The highest BCUT2D eigenvalue weighted by atomic mass is 32.1. The molecule has 2 heterocycles. The largest absolute Gasteiger partial charge is 0.494 e. The van der Waals surface area contributed by atoms with Crippen molar-refractivity contribution in [3.8, 4) is 23.1 Å². The van der Waals surface area contributed by atoms with E-state index >= 15 is 0 Å². The number of hydrogen-bond acceptors (Lipinski definition) is 10. The van der Waals surface area contributed by atoms with Crippen molar-refractivity contribution in [2.75, 3.05) is 33.5 Å². The fourth-order valence-corrected chi connectivity index (χ4v) is 5.52. The zero-order chi connectivity index (χ0) is 29.0. The second kappa shape index (κ2) is 12.3. The molecule has 3 aromatic rings. The van der Waals surface area contributed by atoms with Crippen LogP contribution in [0.1, 0.15) is 52.1 Å². The maximum absolute atomic E-state index is 12.0. The topological polar surface area (TPSA) is 137 Å². The van der Waals surface area contributed by atoms with Gasteiger partial charge in [0.05, 0.1) is 17.6 Å². The number of carbonyl (C=O) groups excluding carboxylic acids is 1. The van der Waals surface area contributed by atoms with Crippen molar-refractivity contribution in [1.29, 1.82) is 0 Å². The molecule has 0 spiro atoms. The first-order chi connectivity index (χ1) is 19.0. The molecule has 3 N–H and O–H groups in total. The fourth-order valence-electron chi connectivity index (χ4n) is 4.76. The maximum atomic E-state index is 12.0. The van der Waals surface area contributed by atoms with E-state index in [1.54, 1.807) is 0 Å². The molecule has 0 aliphatic carbocycles. The number of benzene rings is 2. The van der Waals surface area contributed by atoms with Crippen LogP contribution in [-0.2, 0) is 20.7 Å². The second-order valence-electron chi connectivity index (χ2n) is 10.1. The van der Waals surface area contributed by atoms with Gasteiger partial charge in [0.25, 0.3) is 0 Å². The molecule has 4 rings (SSSR count). The molecule has 40 heavy (non-hydrogen) atoms. The summed E-state index contributed by atoms with van der Waals surface area (Å²) in [5, 5.41) is 21.0.